The number of aromatic nitrogens is 4. The number of anilines is 1. The van der Waals surface area contributed by atoms with E-state index >= 15 is 0 Å². The topological polar surface area (TPSA) is 119 Å². The highest BCUT2D eigenvalue weighted by atomic mass is 35.5. The predicted octanol–water partition coefficient (Wildman–Crippen LogP) is 2.05. The lowest BCUT2D eigenvalue weighted by Crippen LogP contribution is -2.40. The number of hydrogen-bond donors (Lipinski definition) is 1. The number of benzene rings is 1. The predicted molar refractivity (Wildman–Crippen MR) is 120 cm³/mol. The van der Waals surface area contributed by atoms with E-state index in [1.165, 1.54) is 15.1 Å². The molecule has 1 saturated heterocycles. The fourth-order valence-corrected chi connectivity index (χ4v) is 5.01. The molecule has 32 heavy (non-hydrogen) atoms. The quantitative estimate of drug-likeness (QED) is 0.534. The number of halogens is 1. The molecule has 10 nitrogen and oxygen atoms in total. The minimum absolute atomic E-state index is 0.0425. The number of morpholine rings is 1. The Labute approximate surface area is 190 Å². The van der Waals surface area contributed by atoms with Crippen molar-refractivity contribution in [2.75, 3.05) is 31.6 Å². The maximum Gasteiger partial charge on any atom is 0.295 e. The summed E-state index contributed by atoms with van der Waals surface area (Å²) in [6, 6.07) is 6.40. The van der Waals surface area contributed by atoms with Crippen LogP contribution in [-0.2, 0) is 21.3 Å². The number of hydrogen-bond acceptors (Lipinski definition) is 8. The molecule has 0 saturated carbocycles. The lowest BCUT2D eigenvalue weighted by atomic mass is 10.2. The summed E-state index contributed by atoms with van der Waals surface area (Å²) in [5, 5.41) is 3.09. The number of ether oxygens (including phenoxy) is 1. The molecule has 0 unspecified atom stereocenters. The van der Waals surface area contributed by atoms with Crippen LogP contribution < -0.4 is 10.9 Å². The molecular formula is C20H23ClN6O4S. The van der Waals surface area contributed by atoms with E-state index in [1.807, 2.05) is 13.8 Å². The first-order chi connectivity index (χ1) is 15.3. The van der Waals surface area contributed by atoms with Crippen LogP contribution in [0.5, 0.6) is 0 Å². The lowest BCUT2D eigenvalue weighted by Gasteiger charge is -2.26. The van der Waals surface area contributed by atoms with E-state index in [9.17, 15) is 13.2 Å². The van der Waals surface area contributed by atoms with Crippen molar-refractivity contribution in [3.05, 3.63) is 51.7 Å². The van der Waals surface area contributed by atoms with Crippen LogP contribution in [0.4, 0.5) is 5.82 Å². The second-order valence-corrected chi connectivity index (χ2v) is 9.87. The number of fused-ring (bicyclic) bond motifs is 1. The van der Waals surface area contributed by atoms with E-state index in [0.717, 1.165) is 5.56 Å². The van der Waals surface area contributed by atoms with Gasteiger partial charge in [0, 0.05) is 25.7 Å². The Morgan fingerprint density at radius 2 is 1.84 bits per heavy atom. The Kier molecular flexibility index (Phi) is 6.42. The van der Waals surface area contributed by atoms with Crippen LogP contribution >= 0.6 is 11.6 Å². The number of sulfonamides is 1. The summed E-state index contributed by atoms with van der Waals surface area (Å²) in [5.74, 6) is 0.155. The molecule has 0 aliphatic carbocycles. The maximum absolute atomic E-state index is 13.0. The third kappa shape index (κ3) is 4.46. The molecule has 1 aliphatic heterocycles. The fourth-order valence-electron chi connectivity index (χ4n) is 3.48. The second kappa shape index (κ2) is 9.10. The van der Waals surface area contributed by atoms with Gasteiger partial charge in [0.1, 0.15) is 5.52 Å². The standard InChI is InChI=1S/C20H23ClN6O4S/c1-13(2)27-18-16(12-23-20(21)25-18)24-17(19(27)28)22-11-14-3-5-15(6-4-14)32(29,30)26-7-9-31-10-8-26/h3-6,12-13H,7-11H2,1-2H3,(H,22,24). The SMILES string of the molecule is CC(C)n1c(=O)c(NCc2ccc(S(=O)(=O)N3CCOCC3)cc2)nc2cnc(Cl)nc21. The zero-order chi connectivity index (χ0) is 22.9. The second-order valence-electron chi connectivity index (χ2n) is 7.59. The van der Waals surface area contributed by atoms with E-state index in [0.29, 0.717) is 37.5 Å². The van der Waals surface area contributed by atoms with Crippen molar-refractivity contribution in [1.82, 2.24) is 23.8 Å². The van der Waals surface area contributed by atoms with Crippen LogP contribution in [0.3, 0.4) is 0 Å². The van der Waals surface area contributed by atoms with Crippen LogP contribution in [0.15, 0.2) is 40.2 Å². The van der Waals surface area contributed by atoms with Gasteiger partial charge in [0.2, 0.25) is 15.3 Å². The third-order valence-corrected chi connectivity index (χ3v) is 7.20. The van der Waals surface area contributed by atoms with E-state index in [2.05, 4.69) is 20.3 Å². The Hall–Kier alpha value is -2.60. The highest BCUT2D eigenvalue weighted by Gasteiger charge is 2.26. The Balaban J connectivity index is 1.56. The van der Waals surface area contributed by atoms with Gasteiger partial charge in [-0.1, -0.05) is 12.1 Å². The maximum atomic E-state index is 13.0. The highest BCUT2D eigenvalue weighted by Crippen LogP contribution is 2.19. The molecule has 0 amide bonds. The monoisotopic (exact) mass is 478 g/mol. The van der Waals surface area contributed by atoms with E-state index < -0.39 is 10.0 Å². The molecule has 3 aromatic rings. The summed E-state index contributed by atoms with van der Waals surface area (Å²) in [7, 11) is -3.55. The minimum atomic E-state index is -3.55. The van der Waals surface area contributed by atoms with Crippen LogP contribution in [-0.4, -0.2) is 58.5 Å². The molecule has 1 fully saturated rings. The summed E-state index contributed by atoms with van der Waals surface area (Å²) in [6.45, 7) is 5.50. The molecule has 4 rings (SSSR count). The molecular weight excluding hydrogens is 456 g/mol. The molecule has 2 aromatic heterocycles. The van der Waals surface area contributed by atoms with Gasteiger partial charge in [-0.15, -0.1) is 0 Å². The van der Waals surface area contributed by atoms with Gasteiger partial charge in [0.05, 0.1) is 24.3 Å². The first kappa shape index (κ1) is 22.6. The molecule has 1 aliphatic rings. The van der Waals surface area contributed by atoms with E-state index in [4.69, 9.17) is 16.3 Å². The highest BCUT2D eigenvalue weighted by molar-refractivity contribution is 7.89. The van der Waals surface area contributed by atoms with Gasteiger partial charge in [-0.05, 0) is 43.1 Å². The Morgan fingerprint density at radius 3 is 2.50 bits per heavy atom. The molecule has 0 atom stereocenters. The number of nitrogens with one attached hydrogen (secondary N) is 1. The zero-order valence-electron chi connectivity index (χ0n) is 17.7. The van der Waals surface area contributed by atoms with Gasteiger partial charge < -0.3 is 10.1 Å². The van der Waals surface area contributed by atoms with Gasteiger partial charge in [-0.25, -0.2) is 18.4 Å². The fraction of sp³-hybridized carbons (Fsp3) is 0.400. The molecule has 12 heteroatoms. The average Bonchev–Trinajstić information content (AvgIpc) is 2.78. The van der Waals surface area contributed by atoms with Crippen molar-refractivity contribution in [2.45, 2.75) is 31.3 Å². The van der Waals surface area contributed by atoms with Crippen molar-refractivity contribution in [1.29, 1.82) is 0 Å². The average molecular weight is 479 g/mol. The number of nitrogens with zero attached hydrogens (tertiary/aromatic N) is 5. The van der Waals surface area contributed by atoms with Gasteiger partial charge in [-0.3, -0.25) is 9.36 Å². The molecule has 3 heterocycles. The normalized spacial score (nSPS) is 15.4. The largest absolute Gasteiger partial charge is 0.379 e. The van der Waals surface area contributed by atoms with Gasteiger partial charge in [0.15, 0.2) is 11.5 Å². The van der Waals surface area contributed by atoms with Crippen molar-refractivity contribution < 1.29 is 13.2 Å². The Bertz CT molecular complexity index is 1290. The molecule has 0 spiro atoms. The zero-order valence-corrected chi connectivity index (χ0v) is 19.2. The molecule has 0 bridgehead atoms. The van der Waals surface area contributed by atoms with Crippen LogP contribution in [0.1, 0.15) is 25.5 Å². The summed E-state index contributed by atoms with van der Waals surface area (Å²) in [6.07, 6.45) is 1.47. The van der Waals surface area contributed by atoms with Crippen LogP contribution in [0, 0.1) is 0 Å². The van der Waals surface area contributed by atoms with Gasteiger partial charge in [0.25, 0.3) is 5.56 Å². The first-order valence-electron chi connectivity index (χ1n) is 10.1. The van der Waals surface area contributed by atoms with Crippen molar-refractivity contribution in [2.24, 2.45) is 0 Å². The minimum Gasteiger partial charge on any atom is -0.379 e. The summed E-state index contributed by atoms with van der Waals surface area (Å²) in [4.78, 5) is 25.6. The lowest BCUT2D eigenvalue weighted by molar-refractivity contribution is 0.0730. The summed E-state index contributed by atoms with van der Waals surface area (Å²) >= 11 is 5.89. The van der Waals surface area contributed by atoms with Crippen LogP contribution in [0.2, 0.25) is 5.28 Å². The van der Waals surface area contributed by atoms with Crippen molar-refractivity contribution in [3.63, 3.8) is 0 Å². The molecule has 1 aromatic carbocycles. The van der Waals surface area contributed by atoms with Gasteiger partial charge >= 0.3 is 0 Å². The van der Waals surface area contributed by atoms with E-state index in [1.54, 1.807) is 24.3 Å². The summed E-state index contributed by atoms with van der Waals surface area (Å²) in [5.41, 5.74) is 1.29. The Morgan fingerprint density at radius 1 is 1.16 bits per heavy atom. The molecule has 170 valence electrons. The van der Waals surface area contributed by atoms with Crippen molar-refractivity contribution in [3.8, 4) is 0 Å². The van der Waals surface area contributed by atoms with Crippen molar-refractivity contribution >= 4 is 38.6 Å². The smallest absolute Gasteiger partial charge is 0.295 e. The molecule has 0 radical (unpaired) electrons. The first-order valence-corrected chi connectivity index (χ1v) is 11.9. The van der Waals surface area contributed by atoms with Crippen LogP contribution in [0.25, 0.3) is 11.2 Å². The summed E-state index contributed by atoms with van der Waals surface area (Å²) < 4.78 is 33.7. The molecule has 1 N–H and O–H groups in total. The number of rotatable bonds is 6. The van der Waals surface area contributed by atoms with Gasteiger partial charge in [-0.2, -0.15) is 9.29 Å². The van der Waals surface area contributed by atoms with E-state index in [-0.39, 0.29) is 34.1 Å². The third-order valence-electron chi connectivity index (χ3n) is 5.11.